The predicted octanol–water partition coefficient (Wildman–Crippen LogP) is 3.85. The number of halogens is 1. The Labute approximate surface area is 163 Å². The summed E-state index contributed by atoms with van der Waals surface area (Å²) in [7, 11) is -3.53. The van der Waals surface area contributed by atoms with E-state index in [1.807, 2.05) is 25.1 Å². The first-order chi connectivity index (χ1) is 12.9. The normalized spacial score (nSPS) is 14.7. The predicted molar refractivity (Wildman–Crippen MR) is 105 cm³/mol. The van der Waals surface area contributed by atoms with Crippen molar-refractivity contribution < 1.29 is 8.42 Å². The van der Waals surface area contributed by atoms with Gasteiger partial charge in [-0.1, -0.05) is 23.7 Å². The van der Waals surface area contributed by atoms with E-state index in [9.17, 15) is 8.42 Å². The Morgan fingerprint density at radius 3 is 2.63 bits per heavy atom. The molecule has 0 unspecified atom stereocenters. The van der Waals surface area contributed by atoms with Crippen LogP contribution in [-0.4, -0.2) is 29.2 Å². The second-order valence-electron chi connectivity index (χ2n) is 6.58. The fourth-order valence-corrected chi connectivity index (χ4v) is 4.81. The molecule has 0 saturated heterocycles. The summed E-state index contributed by atoms with van der Waals surface area (Å²) in [5.74, 6) is 0.625. The van der Waals surface area contributed by atoms with Gasteiger partial charge in [0.15, 0.2) is 5.82 Å². The first kappa shape index (κ1) is 18.1. The first-order valence-corrected chi connectivity index (χ1v) is 10.4. The van der Waals surface area contributed by atoms with Gasteiger partial charge in [-0.2, -0.15) is 4.31 Å². The lowest BCUT2D eigenvalue weighted by Crippen LogP contribution is -2.36. The zero-order chi connectivity index (χ0) is 19.0. The highest BCUT2D eigenvalue weighted by atomic mass is 35.5. The average molecular weight is 400 g/mol. The molecule has 3 aromatic rings. The van der Waals surface area contributed by atoms with Gasteiger partial charge >= 0.3 is 0 Å². The molecular formula is C20H18ClN3O2S. The smallest absolute Gasteiger partial charge is 0.236 e. The van der Waals surface area contributed by atoms with Crippen LogP contribution in [0.15, 0.2) is 59.6 Å². The van der Waals surface area contributed by atoms with Gasteiger partial charge in [0.1, 0.15) is 0 Å². The van der Waals surface area contributed by atoms with Crippen molar-refractivity contribution in [1.82, 2.24) is 14.3 Å². The summed E-state index contributed by atoms with van der Waals surface area (Å²) < 4.78 is 27.4. The van der Waals surface area contributed by atoms with Crippen molar-refractivity contribution in [2.24, 2.45) is 0 Å². The second kappa shape index (κ2) is 7.03. The molecule has 0 bridgehead atoms. The largest absolute Gasteiger partial charge is 0.243 e. The van der Waals surface area contributed by atoms with Crippen molar-refractivity contribution in [2.45, 2.75) is 24.8 Å². The van der Waals surface area contributed by atoms with Crippen molar-refractivity contribution >= 4 is 21.6 Å². The molecule has 1 aliphatic rings. The lowest BCUT2D eigenvalue weighted by Gasteiger charge is -2.27. The quantitative estimate of drug-likeness (QED) is 0.671. The molecule has 0 saturated carbocycles. The van der Waals surface area contributed by atoms with Crippen LogP contribution in [0.1, 0.15) is 16.8 Å². The summed E-state index contributed by atoms with van der Waals surface area (Å²) in [6, 6.07) is 14.3. The monoisotopic (exact) mass is 399 g/mol. The standard InChI is InChI=1S/C20H18ClN3O2S/c1-14-3-2-4-18(11-14)27(25,26)24-10-9-19-16(13-24)12-22-20(23-19)15-5-7-17(21)8-6-15/h2-8,11-12H,9-10,13H2,1H3. The minimum absolute atomic E-state index is 0.284. The highest BCUT2D eigenvalue weighted by molar-refractivity contribution is 7.89. The zero-order valence-electron chi connectivity index (χ0n) is 14.8. The van der Waals surface area contributed by atoms with Gasteiger partial charge < -0.3 is 0 Å². The van der Waals surface area contributed by atoms with E-state index in [1.165, 1.54) is 4.31 Å². The van der Waals surface area contributed by atoms with E-state index in [0.717, 1.165) is 22.4 Å². The summed E-state index contributed by atoms with van der Waals surface area (Å²) in [6.45, 7) is 2.57. The summed E-state index contributed by atoms with van der Waals surface area (Å²) in [5, 5.41) is 0.661. The molecule has 1 aliphatic heterocycles. The molecule has 0 spiro atoms. The maximum Gasteiger partial charge on any atom is 0.243 e. The highest BCUT2D eigenvalue weighted by Gasteiger charge is 2.29. The Balaban J connectivity index is 1.61. The number of aromatic nitrogens is 2. The number of fused-ring (bicyclic) bond motifs is 1. The molecule has 27 heavy (non-hydrogen) atoms. The lowest BCUT2D eigenvalue weighted by molar-refractivity contribution is 0.387. The number of rotatable bonds is 3. The highest BCUT2D eigenvalue weighted by Crippen LogP contribution is 2.26. The van der Waals surface area contributed by atoms with Crippen molar-refractivity contribution in [2.75, 3.05) is 6.54 Å². The Morgan fingerprint density at radius 2 is 1.89 bits per heavy atom. The molecule has 138 valence electrons. The third-order valence-corrected chi connectivity index (χ3v) is 6.72. The van der Waals surface area contributed by atoms with Gasteiger partial charge in [0, 0.05) is 41.9 Å². The number of sulfonamides is 1. The number of hydrogen-bond acceptors (Lipinski definition) is 4. The third-order valence-electron chi connectivity index (χ3n) is 4.63. The average Bonchev–Trinajstić information content (AvgIpc) is 2.68. The number of hydrogen-bond donors (Lipinski definition) is 0. The van der Waals surface area contributed by atoms with E-state index in [-0.39, 0.29) is 6.54 Å². The molecule has 0 amide bonds. The van der Waals surface area contributed by atoms with Gasteiger partial charge in [0.2, 0.25) is 10.0 Å². The Hall–Kier alpha value is -2.28. The topological polar surface area (TPSA) is 63.2 Å². The molecule has 2 heterocycles. The molecule has 7 heteroatoms. The van der Waals surface area contributed by atoms with Crippen molar-refractivity contribution in [3.63, 3.8) is 0 Å². The van der Waals surface area contributed by atoms with Crippen LogP contribution in [0.2, 0.25) is 5.02 Å². The summed E-state index contributed by atoms with van der Waals surface area (Å²) in [4.78, 5) is 9.38. The molecule has 5 nitrogen and oxygen atoms in total. The van der Waals surface area contributed by atoms with Crippen LogP contribution in [0, 0.1) is 6.92 Å². The van der Waals surface area contributed by atoms with Crippen LogP contribution in [-0.2, 0) is 23.0 Å². The van der Waals surface area contributed by atoms with Crippen LogP contribution in [0.4, 0.5) is 0 Å². The lowest BCUT2D eigenvalue weighted by atomic mass is 10.1. The first-order valence-electron chi connectivity index (χ1n) is 8.61. The number of nitrogens with zero attached hydrogens (tertiary/aromatic N) is 3. The molecule has 1 aromatic heterocycles. The maximum absolute atomic E-state index is 12.9. The third kappa shape index (κ3) is 3.60. The van der Waals surface area contributed by atoms with E-state index in [2.05, 4.69) is 9.97 Å². The maximum atomic E-state index is 12.9. The molecule has 0 radical (unpaired) electrons. The zero-order valence-corrected chi connectivity index (χ0v) is 16.3. The summed E-state index contributed by atoms with van der Waals surface area (Å²) in [6.07, 6.45) is 2.29. The van der Waals surface area contributed by atoms with Gasteiger partial charge in [0.05, 0.1) is 10.6 Å². The molecule has 0 atom stereocenters. The van der Waals surface area contributed by atoms with Crippen LogP contribution in [0.25, 0.3) is 11.4 Å². The fourth-order valence-electron chi connectivity index (χ4n) is 3.16. The molecule has 4 rings (SSSR count). The van der Waals surface area contributed by atoms with E-state index in [0.29, 0.717) is 28.7 Å². The molecule has 0 fully saturated rings. The van der Waals surface area contributed by atoms with Gasteiger partial charge in [-0.25, -0.2) is 18.4 Å². The summed E-state index contributed by atoms with van der Waals surface area (Å²) >= 11 is 5.93. The van der Waals surface area contributed by atoms with E-state index in [1.54, 1.807) is 36.5 Å². The Morgan fingerprint density at radius 1 is 1.11 bits per heavy atom. The van der Waals surface area contributed by atoms with Gasteiger partial charge in [-0.3, -0.25) is 0 Å². The minimum atomic E-state index is -3.53. The van der Waals surface area contributed by atoms with Crippen LogP contribution < -0.4 is 0 Å². The van der Waals surface area contributed by atoms with Crippen LogP contribution in [0.5, 0.6) is 0 Å². The van der Waals surface area contributed by atoms with E-state index in [4.69, 9.17) is 11.6 Å². The van der Waals surface area contributed by atoms with Crippen LogP contribution >= 0.6 is 11.6 Å². The van der Waals surface area contributed by atoms with Crippen molar-refractivity contribution in [3.05, 3.63) is 76.6 Å². The van der Waals surface area contributed by atoms with E-state index < -0.39 is 10.0 Å². The second-order valence-corrected chi connectivity index (χ2v) is 8.95. The molecule has 2 aromatic carbocycles. The van der Waals surface area contributed by atoms with Crippen molar-refractivity contribution in [1.29, 1.82) is 0 Å². The summed E-state index contributed by atoms with van der Waals surface area (Å²) in [5.41, 5.74) is 3.54. The van der Waals surface area contributed by atoms with Gasteiger partial charge in [-0.15, -0.1) is 0 Å². The molecular weight excluding hydrogens is 382 g/mol. The minimum Gasteiger partial charge on any atom is -0.236 e. The molecule has 0 aliphatic carbocycles. The van der Waals surface area contributed by atoms with Crippen molar-refractivity contribution in [3.8, 4) is 11.4 Å². The number of benzene rings is 2. The SMILES string of the molecule is Cc1cccc(S(=O)(=O)N2CCc3nc(-c4ccc(Cl)cc4)ncc3C2)c1. The van der Waals surface area contributed by atoms with Gasteiger partial charge in [0.25, 0.3) is 0 Å². The number of aryl methyl sites for hydroxylation is 1. The van der Waals surface area contributed by atoms with E-state index >= 15 is 0 Å². The Bertz CT molecular complexity index is 1100. The Kier molecular flexibility index (Phi) is 4.72. The fraction of sp³-hybridized carbons (Fsp3) is 0.200. The van der Waals surface area contributed by atoms with Crippen LogP contribution in [0.3, 0.4) is 0 Å². The molecule has 0 N–H and O–H groups in total. The van der Waals surface area contributed by atoms with Gasteiger partial charge in [-0.05, 0) is 48.9 Å².